The molecule has 0 amide bonds. The number of aromatic nitrogens is 1. The molecule has 51 heavy (non-hydrogen) atoms. The Morgan fingerprint density at radius 3 is 2.06 bits per heavy atom. The molecule has 0 saturated carbocycles. The Kier molecular flexibility index (Phi) is 8.86. The van der Waals surface area contributed by atoms with Gasteiger partial charge in [0.2, 0.25) is 0 Å². The van der Waals surface area contributed by atoms with Crippen LogP contribution in [0.2, 0.25) is 0 Å². The van der Waals surface area contributed by atoms with E-state index in [1.807, 2.05) is 79.0 Å². The van der Waals surface area contributed by atoms with Crippen molar-refractivity contribution in [1.82, 2.24) is 4.57 Å². The number of benzene rings is 6. The second kappa shape index (κ2) is 14.2. The van der Waals surface area contributed by atoms with Gasteiger partial charge in [-0.2, -0.15) is 0 Å². The fourth-order valence-corrected chi connectivity index (χ4v) is 7.90. The van der Waals surface area contributed by atoms with Crippen molar-refractivity contribution in [2.24, 2.45) is 15.0 Å². The van der Waals surface area contributed by atoms with Gasteiger partial charge in [0.1, 0.15) is 0 Å². The van der Waals surface area contributed by atoms with E-state index in [0.717, 1.165) is 22.3 Å². The quantitative estimate of drug-likeness (QED) is 0.0917. The third kappa shape index (κ3) is 6.05. The van der Waals surface area contributed by atoms with E-state index in [9.17, 15) is 0 Å². The average molecular weight is 675 g/mol. The second-order valence-corrected chi connectivity index (χ2v) is 13.1. The van der Waals surface area contributed by atoms with E-state index in [2.05, 4.69) is 125 Å². The molecule has 0 aliphatic heterocycles. The molecule has 0 radical (unpaired) electrons. The maximum atomic E-state index is 4.90. The number of para-hydroxylation sites is 2. The van der Waals surface area contributed by atoms with Crippen molar-refractivity contribution in [2.75, 3.05) is 0 Å². The maximum absolute atomic E-state index is 4.90. The summed E-state index contributed by atoms with van der Waals surface area (Å²) in [5, 5.41) is 5.03. The molecular formula is C46H34N4S. The Labute approximate surface area is 301 Å². The highest BCUT2D eigenvalue weighted by Crippen LogP contribution is 2.44. The SMILES string of the molecule is C=NC(=NC(=N\C=C/C=C\C=C\C)c1ccc(-n2c3ccccc3c3cccc(-c4cccc5c4sc4ccccc45)c32)cc1)c1ccccc1. The van der Waals surface area contributed by atoms with Crippen LogP contribution in [0.25, 0.3) is 58.8 Å². The number of hydrogen-bond acceptors (Lipinski definition) is 2. The van der Waals surface area contributed by atoms with Crippen LogP contribution in [-0.4, -0.2) is 23.0 Å². The van der Waals surface area contributed by atoms with Crippen molar-refractivity contribution < 1.29 is 0 Å². The van der Waals surface area contributed by atoms with E-state index >= 15 is 0 Å². The molecule has 0 saturated heterocycles. The molecule has 0 spiro atoms. The molecule has 2 heterocycles. The van der Waals surface area contributed by atoms with Crippen molar-refractivity contribution in [3.05, 3.63) is 187 Å². The van der Waals surface area contributed by atoms with Crippen LogP contribution in [0.3, 0.4) is 0 Å². The Morgan fingerprint density at radius 2 is 1.25 bits per heavy atom. The van der Waals surface area contributed by atoms with Crippen LogP contribution in [0.4, 0.5) is 0 Å². The number of hydrogen-bond donors (Lipinski definition) is 0. The molecule has 0 fully saturated rings. The highest BCUT2D eigenvalue weighted by Gasteiger charge is 2.19. The average Bonchev–Trinajstić information content (AvgIpc) is 3.74. The summed E-state index contributed by atoms with van der Waals surface area (Å²) in [6.45, 7) is 5.80. The lowest BCUT2D eigenvalue weighted by molar-refractivity contribution is 1.18. The summed E-state index contributed by atoms with van der Waals surface area (Å²) in [7, 11) is 0. The number of aliphatic imine (C=N–C) groups is 3. The van der Waals surface area contributed by atoms with Gasteiger partial charge in [-0.25, -0.2) is 15.0 Å². The molecule has 244 valence electrons. The van der Waals surface area contributed by atoms with Gasteiger partial charge in [-0.15, -0.1) is 11.3 Å². The zero-order chi connectivity index (χ0) is 34.6. The van der Waals surface area contributed by atoms with E-state index in [1.54, 1.807) is 6.20 Å². The maximum Gasteiger partial charge on any atom is 0.161 e. The van der Waals surface area contributed by atoms with Crippen LogP contribution >= 0.6 is 11.3 Å². The van der Waals surface area contributed by atoms with Crippen LogP contribution in [0.15, 0.2) is 191 Å². The summed E-state index contributed by atoms with van der Waals surface area (Å²) in [5.74, 6) is 1.06. The molecular weight excluding hydrogens is 641 g/mol. The number of amidine groups is 2. The first-order chi connectivity index (χ1) is 25.2. The topological polar surface area (TPSA) is 42.0 Å². The molecule has 0 atom stereocenters. The van der Waals surface area contributed by atoms with Crippen LogP contribution in [-0.2, 0) is 0 Å². The van der Waals surface area contributed by atoms with Crippen molar-refractivity contribution in [2.45, 2.75) is 6.92 Å². The lowest BCUT2D eigenvalue weighted by Gasteiger charge is -2.13. The van der Waals surface area contributed by atoms with Crippen LogP contribution in [0.5, 0.6) is 0 Å². The number of thiophene rings is 1. The predicted octanol–water partition coefficient (Wildman–Crippen LogP) is 12.4. The first-order valence-electron chi connectivity index (χ1n) is 16.9. The lowest BCUT2D eigenvalue weighted by Crippen LogP contribution is -2.05. The molecule has 0 bridgehead atoms. The van der Waals surface area contributed by atoms with Gasteiger partial charge < -0.3 is 4.57 Å². The van der Waals surface area contributed by atoms with Gasteiger partial charge in [-0.05, 0) is 56.1 Å². The molecule has 5 heteroatoms. The Morgan fingerprint density at radius 1 is 0.588 bits per heavy atom. The first kappa shape index (κ1) is 31.8. The molecule has 2 aromatic heterocycles. The van der Waals surface area contributed by atoms with Crippen LogP contribution < -0.4 is 0 Å². The fraction of sp³-hybridized carbons (Fsp3) is 0.0217. The molecule has 4 nitrogen and oxygen atoms in total. The Balaban J connectivity index is 1.29. The number of fused-ring (bicyclic) bond motifs is 6. The summed E-state index contributed by atoms with van der Waals surface area (Å²) < 4.78 is 4.99. The minimum atomic E-state index is 0.513. The smallest absolute Gasteiger partial charge is 0.161 e. The molecule has 0 aliphatic carbocycles. The second-order valence-electron chi connectivity index (χ2n) is 12.0. The standard InChI is InChI=1S/C46H34N4S/c1-3-4-5-6-14-31-48-46(49-45(47-2)32-17-8-7-9-18-32)33-27-29-34(30-28-33)50-41-25-12-10-19-35(41)37-21-15-22-38(43(37)50)40-24-16-23-39-36-20-11-13-26-42(36)51-44(39)40/h3-31H,2H2,1H3/b4-3+,6-5-,31-14-,48-46?,49-45?. The highest BCUT2D eigenvalue weighted by atomic mass is 32.1. The minimum absolute atomic E-state index is 0.513. The van der Waals surface area contributed by atoms with Crippen molar-refractivity contribution in [3.63, 3.8) is 0 Å². The van der Waals surface area contributed by atoms with Crippen LogP contribution in [0.1, 0.15) is 18.1 Å². The Hall–Kier alpha value is -6.43. The van der Waals surface area contributed by atoms with E-state index in [4.69, 9.17) is 9.98 Å². The molecule has 8 rings (SSSR count). The van der Waals surface area contributed by atoms with E-state index < -0.39 is 0 Å². The van der Waals surface area contributed by atoms with Gasteiger partial charge >= 0.3 is 0 Å². The third-order valence-electron chi connectivity index (χ3n) is 8.98. The predicted molar refractivity (Wildman–Crippen MR) is 221 cm³/mol. The molecule has 0 aliphatic rings. The van der Waals surface area contributed by atoms with Crippen LogP contribution in [0, 0.1) is 0 Å². The van der Waals surface area contributed by atoms with Crippen molar-refractivity contribution in [3.8, 4) is 16.8 Å². The summed E-state index contributed by atoms with van der Waals surface area (Å²) >= 11 is 1.86. The monoisotopic (exact) mass is 674 g/mol. The highest BCUT2D eigenvalue weighted by molar-refractivity contribution is 7.26. The van der Waals surface area contributed by atoms with Crippen molar-refractivity contribution in [1.29, 1.82) is 0 Å². The summed E-state index contributed by atoms with van der Waals surface area (Å²) in [6, 6.07) is 49.1. The van der Waals surface area contributed by atoms with Gasteiger partial charge in [0, 0.05) is 65.1 Å². The Bertz CT molecular complexity index is 2700. The molecule has 6 aromatic carbocycles. The zero-order valence-corrected chi connectivity index (χ0v) is 29.0. The summed E-state index contributed by atoms with van der Waals surface area (Å²) in [5.41, 5.74) is 7.58. The fourth-order valence-electron chi connectivity index (χ4n) is 6.67. The minimum Gasteiger partial charge on any atom is -0.309 e. The van der Waals surface area contributed by atoms with Gasteiger partial charge in [0.25, 0.3) is 0 Å². The van der Waals surface area contributed by atoms with Gasteiger partial charge in [-0.1, -0.05) is 127 Å². The third-order valence-corrected chi connectivity index (χ3v) is 10.2. The van der Waals surface area contributed by atoms with Gasteiger partial charge in [-0.3, -0.25) is 0 Å². The van der Waals surface area contributed by atoms with E-state index in [-0.39, 0.29) is 0 Å². The molecule has 8 aromatic rings. The van der Waals surface area contributed by atoms with Gasteiger partial charge in [0.15, 0.2) is 11.7 Å². The number of nitrogens with zero attached hydrogens (tertiary/aromatic N) is 4. The molecule has 0 N–H and O–H groups in total. The van der Waals surface area contributed by atoms with E-state index in [0.29, 0.717) is 11.7 Å². The summed E-state index contributed by atoms with van der Waals surface area (Å²) in [4.78, 5) is 13.9. The van der Waals surface area contributed by atoms with Crippen molar-refractivity contribution >= 4 is 71.7 Å². The first-order valence-corrected chi connectivity index (χ1v) is 17.7. The summed E-state index contributed by atoms with van der Waals surface area (Å²) in [6.07, 6.45) is 11.5. The largest absolute Gasteiger partial charge is 0.309 e. The zero-order valence-electron chi connectivity index (χ0n) is 28.1. The number of allylic oxidation sites excluding steroid dienone is 5. The van der Waals surface area contributed by atoms with Gasteiger partial charge in [0.05, 0.1) is 11.0 Å². The van der Waals surface area contributed by atoms with E-state index in [1.165, 1.54) is 47.6 Å². The normalized spacial score (nSPS) is 12.9. The number of rotatable bonds is 7. The lowest BCUT2D eigenvalue weighted by atomic mass is 10.00. The molecule has 0 unspecified atom stereocenters.